The summed E-state index contributed by atoms with van der Waals surface area (Å²) in [5.41, 5.74) is 0.673. The number of urea groups is 1. The van der Waals surface area contributed by atoms with Gasteiger partial charge in [0.2, 0.25) is 0 Å². The highest BCUT2D eigenvalue weighted by molar-refractivity contribution is 6.06. The van der Waals surface area contributed by atoms with Crippen LogP contribution in [0.2, 0.25) is 0 Å². The first kappa shape index (κ1) is 25.4. The molecule has 7 nitrogen and oxygen atoms in total. The van der Waals surface area contributed by atoms with E-state index in [1.807, 2.05) is 38.1 Å². The van der Waals surface area contributed by atoms with Crippen LogP contribution in [-0.4, -0.2) is 53.4 Å². The molecule has 184 valence electrons. The fraction of sp³-hybridized carbons (Fsp3) is 0.440. The van der Waals surface area contributed by atoms with Crippen LogP contribution >= 0.6 is 0 Å². The number of para-hydroxylation sites is 1. The fourth-order valence-corrected chi connectivity index (χ4v) is 3.85. The van der Waals surface area contributed by atoms with E-state index in [0.29, 0.717) is 18.6 Å². The van der Waals surface area contributed by atoms with Crippen molar-refractivity contribution in [2.45, 2.75) is 57.8 Å². The predicted molar refractivity (Wildman–Crippen MR) is 122 cm³/mol. The third-order valence-corrected chi connectivity index (χ3v) is 5.77. The summed E-state index contributed by atoms with van der Waals surface area (Å²) in [6, 6.07) is 13.1. The molecule has 2 atom stereocenters. The Kier molecular flexibility index (Phi) is 8.09. The predicted octanol–water partition coefficient (Wildman–Crippen LogP) is 4.09. The number of benzene rings is 2. The van der Waals surface area contributed by atoms with Crippen molar-refractivity contribution in [3.63, 3.8) is 0 Å². The molecule has 0 unspecified atom stereocenters. The summed E-state index contributed by atoms with van der Waals surface area (Å²) in [6.07, 6.45) is -0.319. The molecule has 2 aromatic rings. The minimum absolute atomic E-state index is 0.0496. The van der Waals surface area contributed by atoms with Gasteiger partial charge in [0.15, 0.2) is 0 Å². The zero-order valence-corrected chi connectivity index (χ0v) is 19.5. The van der Waals surface area contributed by atoms with Gasteiger partial charge >= 0.3 is 12.6 Å². The molecule has 0 saturated carbocycles. The van der Waals surface area contributed by atoms with Crippen LogP contribution in [0, 0.1) is 0 Å². The van der Waals surface area contributed by atoms with Crippen molar-refractivity contribution in [2.75, 3.05) is 13.2 Å². The molecule has 34 heavy (non-hydrogen) atoms. The maximum Gasteiger partial charge on any atom is 0.387 e. The smallest absolute Gasteiger partial charge is 0.387 e. The Morgan fingerprint density at radius 3 is 2.41 bits per heavy atom. The van der Waals surface area contributed by atoms with Crippen LogP contribution in [0.1, 0.15) is 44.2 Å². The lowest BCUT2D eigenvalue weighted by Gasteiger charge is -2.23. The number of amides is 3. The zero-order valence-electron chi connectivity index (χ0n) is 19.5. The number of nitrogens with one attached hydrogen (secondary N) is 1. The van der Waals surface area contributed by atoms with Gasteiger partial charge in [0.1, 0.15) is 29.7 Å². The molecule has 2 N–H and O–H groups in total. The molecule has 0 bridgehead atoms. The first-order valence-electron chi connectivity index (χ1n) is 11.2. The maximum atomic E-state index is 13.0. The minimum Gasteiger partial charge on any atom is -0.491 e. The summed E-state index contributed by atoms with van der Waals surface area (Å²) in [5.74, 6) is 0.516. The molecule has 1 aliphatic heterocycles. The number of hydrogen-bond acceptors (Lipinski definition) is 5. The maximum absolute atomic E-state index is 13.0. The molecule has 3 rings (SSSR count). The first-order valence-corrected chi connectivity index (χ1v) is 11.2. The lowest BCUT2D eigenvalue weighted by Crippen LogP contribution is -2.45. The summed E-state index contributed by atoms with van der Waals surface area (Å²) in [5, 5.41) is 13.1. The van der Waals surface area contributed by atoms with E-state index in [1.165, 1.54) is 12.1 Å². The molecule has 0 aliphatic carbocycles. The lowest BCUT2D eigenvalue weighted by molar-refractivity contribution is -0.132. The standard InChI is InChI=1S/C25H30F2N2O5/c1-16(2)20-6-4-5-7-21(20)33-15-18(30)14-29-22(31)25(3,28-24(29)32)13-12-17-8-10-19(11-9-17)34-23(26)27/h4-11,16,18,23,30H,12-15H2,1-3H3,(H,28,32)/t18-,25+/m1/s1. The molecule has 3 amide bonds. The van der Waals surface area contributed by atoms with E-state index in [2.05, 4.69) is 10.1 Å². The number of imide groups is 1. The van der Waals surface area contributed by atoms with Gasteiger partial charge in [0, 0.05) is 0 Å². The second-order valence-corrected chi connectivity index (χ2v) is 8.86. The molecule has 0 spiro atoms. The van der Waals surface area contributed by atoms with Gasteiger partial charge in [-0.3, -0.25) is 9.69 Å². The Morgan fingerprint density at radius 1 is 1.09 bits per heavy atom. The van der Waals surface area contributed by atoms with Gasteiger partial charge < -0.3 is 19.9 Å². The number of hydrogen-bond donors (Lipinski definition) is 2. The SMILES string of the molecule is CC(C)c1ccccc1OC[C@H](O)CN1C(=O)N[C@@](C)(CCc2ccc(OC(F)F)cc2)C1=O. The van der Waals surface area contributed by atoms with Crippen molar-refractivity contribution in [2.24, 2.45) is 0 Å². The normalized spacial score (nSPS) is 19.0. The van der Waals surface area contributed by atoms with E-state index in [-0.39, 0.29) is 24.8 Å². The number of carbonyl (C=O) groups is 2. The van der Waals surface area contributed by atoms with Crippen molar-refractivity contribution < 1.29 is 33.0 Å². The molecule has 1 aliphatic rings. The highest BCUT2D eigenvalue weighted by atomic mass is 19.3. The highest BCUT2D eigenvalue weighted by Gasteiger charge is 2.47. The van der Waals surface area contributed by atoms with Crippen LogP contribution in [-0.2, 0) is 11.2 Å². The molecule has 1 saturated heterocycles. The number of aliphatic hydroxyl groups excluding tert-OH is 1. The van der Waals surface area contributed by atoms with Crippen molar-refractivity contribution in [1.29, 1.82) is 0 Å². The number of ether oxygens (including phenoxy) is 2. The average molecular weight is 477 g/mol. The topological polar surface area (TPSA) is 88.1 Å². The third kappa shape index (κ3) is 6.22. The van der Waals surface area contributed by atoms with E-state index >= 15 is 0 Å². The lowest BCUT2D eigenvalue weighted by atomic mass is 9.93. The molecule has 1 fully saturated rings. The minimum atomic E-state index is -2.90. The zero-order chi connectivity index (χ0) is 24.9. The molecule has 0 radical (unpaired) electrons. The molecule has 2 aromatic carbocycles. The first-order chi connectivity index (χ1) is 16.1. The molecular weight excluding hydrogens is 446 g/mol. The van der Waals surface area contributed by atoms with Crippen LogP contribution in [0.4, 0.5) is 13.6 Å². The van der Waals surface area contributed by atoms with E-state index < -0.39 is 30.2 Å². The number of aliphatic hydroxyl groups is 1. The molecule has 1 heterocycles. The molecule has 0 aromatic heterocycles. The van der Waals surface area contributed by atoms with Gasteiger partial charge in [-0.1, -0.05) is 44.2 Å². The van der Waals surface area contributed by atoms with E-state index in [0.717, 1.165) is 16.0 Å². The van der Waals surface area contributed by atoms with Gasteiger partial charge in [-0.2, -0.15) is 8.78 Å². The second kappa shape index (κ2) is 10.8. The number of halogens is 2. The average Bonchev–Trinajstić information content (AvgIpc) is 3.00. The van der Waals surface area contributed by atoms with Gasteiger partial charge in [0.05, 0.1) is 6.54 Å². The Labute approximate surface area is 197 Å². The van der Waals surface area contributed by atoms with E-state index in [9.17, 15) is 23.5 Å². The summed E-state index contributed by atoms with van der Waals surface area (Å²) >= 11 is 0. The Bertz CT molecular complexity index is 999. The Hall–Kier alpha value is -3.20. The van der Waals surface area contributed by atoms with Crippen molar-refractivity contribution in [3.8, 4) is 11.5 Å². The van der Waals surface area contributed by atoms with Crippen molar-refractivity contribution >= 4 is 11.9 Å². The van der Waals surface area contributed by atoms with Crippen LogP contribution in [0.3, 0.4) is 0 Å². The van der Waals surface area contributed by atoms with Gasteiger partial charge in [-0.05, 0) is 55.0 Å². The fourth-order valence-electron chi connectivity index (χ4n) is 3.85. The van der Waals surface area contributed by atoms with E-state index in [4.69, 9.17) is 4.74 Å². The quantitative estimate of drug-likeness (QED) is 0.477. The van der Waals surface area contributed by atoms with Crippen LogP contribution in [0.5, 0.6) is 11.5 Å². The van der Waals surface area contributed by atoms with Crippen molar-refractivity contribution in [1.82, 2.24) is 10.2 Å². The van der Waals surface area contributed by atoms with Crippen molar-refractivity contribution in [3.05, 3.63) is 59.7 Å². The van der Waals surface area contributed by atoms with Crippen LogP contribution in [0.25, 0.3) is 0 Å². The summed E-state index contributed by atoms with van der Waals surface area (Å²) in [4.78, 5) is 26.4. The van der Waals surface area contributed by atoms with Crippen LogP contribution in [0.15, 0.2) is 48.5 Å². The Balaban J connectivity index is 1.55. The number of carbonyl (C=O) groups excluding carboxylic acids is 2. The summed E-state index contributed by atoms with van der Waals surface area (Å²) in [6.45, 7) is 2.56. The van der Waals surface area contributed by atoms with Gasteiger partial charge in [0.25, 0.3) is 5.91 Å². The highest BCUT2D eigenvalue weighted by Crippen LogP contribution is 2.27. The molecule has 9 heteroatoms. The van der Waals surface area contributed by atoms with E-state index in [1.54, 1.807) is 19.1 Å². The summed E-state index contributed by atoms with van der Waals surface area (Å²) < 4.78 is 34.7. The number of nitrogens with zero attached hydrogens (tertiary/aromatic N) is 1. The van der Waals surface area contributed by atoms with Gasteiger partial charge in [-0.25, -0.2) is 4.79 Å². The van der Waals surface area contributed by atoms with Crippen LogP contribution < -0.4 is 14.8 Å². The monoisotopic (exact) mass is 476 g/mol. The number of β-amino-alcohol motifs (C(OH)–C–C–N with tert-alkyl or cyclic N) is 1. The largest absolute Gasteiger partial charge is 0.491 e. The molecular formula is C25H30F2N2O5. The Morgan fingerprint density at radius 2 is 1.76 bits per heavy atom. The van der Waals surface area contributed by atoms with Gasteiger partial charge in [-0.15, -0.1) is 0 Å². The number of aryl methyl sites for hydroxylation is 1. The summed E-state index contributed by atoms with van der Waals surface area (Å²) in [7, 11) is 0. The number of rotatable bonds is 11. The number of alkyl halides is 2. The third-order valence-electron chi connectivity index (χ3n) is 5.77. The second-order valence-electron chi connectivity index (χ2n) is 8.86.